The van der Waals surface area contributed by atoms with Gasteiger partial charge in [0.25, 0.3) is 11.8 Å². The van der Waals surface area contributed by atoms with Gasteiger partial charge in [0.2, 0.25) is 0 Å². The predicted octanol–water partition coefficient (Wildman–Crippen LogP) is 1.38. The lowest BCUT2D eigenvalue weighted by Gasteiger charge is -2.45. The van der Waals surface area contributed by atoms with Crippen molar-refractivity contribution in [3.05, 3.63) is 18.2 Å². The van der Waals surface area contributed by atoms with Gasteiger partial charge in [-0.15, -0.1) is 0 Å². The van der Waals surface area contributed by atoms with Gasteiger partial charge in [-0.1, -0.05) is 0 Å². The minimum Gasteiger partial charge on any atom is -0.380 e. The van der Waals surface area contributed by atoms with E-state index in [1.54, 1.807) is 29.0 Å². The molecule has 1 amide bonds. The van der Waals surface area contributed by atoms with E-state index in [9.17, 15) is 13.6 Å². The van der Waals surface area contributed by atoms with Crippen LogP contribution in [0.5, 0.6) is 0 Å². The van der Waals surface area contributed by atoms with Crippen LogP contribution in [0.15, 0.2) is 12.5 Å². The van der Waals surface area contributed by atoms with Crippen molar-refractivity contribution >= 4 is 5.91 Å². The Labute approximate surface area is 145 Å². The standard InChI is InChI=1S/C17H24F2N4O2/c1-21-7-15(20-11-21)16(24)22-5-14(6-22)23-10-17(18,19)4-13(23)9-25-8-12-2-3-12/h7,11-14H,2-6,8-10H2,1H3/t13-/m0/s1. The first-order valence-corrected chi connectivity index (χ1v) is 8.90. The molecule has 138 valence electrons. The van der Waals surface area contributed by atoms with Crippen molar-refractivity contribution in [2.45, 2.75) is 37.3 Å². The van der Waals surface area contributed by atoms with Crippen LogP contribution in [0.2, 0.25) is 0 Å². The number of carbonyl (C=O) groups excluding carboxylic acids is 1. The van der Waals surface area contributed by atoms with E-state index in [0.29, 0.717) is 37.9 Å². The van der Waals surface area contributed by atoms with E-state index >= 15 is 0 Å². The van der Waals surface area contributed by atoms with Gasteiger partial charge in [-0.05, 0) is 18.8 Å². The third-order valence-electron chi connectivity index (χ3n) is 5.32. The van der Waals surface area contributed by atoms with Crippen molar-refractivity contribution in [1.29, 1.82) is 0 Å². The predicted molar refractivity (Wildman–Crippen MR) is 86.5 cm³/mol. The number of nitrogens with zero attached hydrogens (tertiary/aromatic N) is 4. The lowest BCUT2D eigenvalue weighted by atomic mass is 10.1. The molecule has 3 heterocycles. The normalized spacial score (nSPS) is 26.8. The molecular formula is C17H24F2N4O2. The number of aryl methyl sites for hydroxylation is 1. The minimum absolute atomic E-state index is 0.0180. The van der Waals surface area contributed by atoms with Crippen LogP contribution in [0, 0.1) is 5.92 Å². The fourth-order valence-corrected chi connectivity index (χ4v) is 3.68. The number of hydrogen-bond donors (Lipinski definition) is 0. The summed E-state index contributed by atoms with van der Waals surface area (Å²) in [6.07, 6.45) is 5.49. The summed E-state index contributed by atoms with van der Waals surface area (Å²) >= 11 is 0. The van der Waals surface area contributed by atoms with E-state index in [1.165, 1.54) is 12.8 Å². The van der Waals surface area contributed by atoms with E-state index in [0.717, 1.165) is 0 Å². The van der Waals surface area contributed by atoms with Crippen LogP contribution in [0.1, 0.15) is 29.8 Å². The number of hydrogen-bond acceptors (Lipinski definition) is 4. The van der Waals surface area contributed by atoms with Gasteiger partial charge in [-0.2, -0.15) is 0 Å². The van der Waals surface area contributed by atoms with Crippen molar-refractivity contribution in [3.63, 3.8) is 0 Å². The van der Waals surface area contributed by atoms with Gasteiger partial charge < -0.3 is 14.2 Å². The summed E-state index contributed by atoms with van der Waals surface area (Å²) in [7, 11) is 1.81. The average molecular weight is 354 g/mol. The Kier molecular flexibility index (Phi) is 4.27. The van der Waals surface area contributed by atoms with Crippen LogP contribution < -0.4 is 0 Å². The highest BCUT2D eigenvalue weighted by Crippen LogP contribution is 2.36. The quantitative estimate of drug-likeness (QED) is 0.775. The smallest absolute Gasteiger partial charge is 0.274 e. The second kappa shape index (κ2) is 6.32. The number of rotatable bonds is 6. The Bertz CT molecular complexity index is 640. The number of amides is 1. The van der Waals surface area contributed by atoms with E-state index in [1.807, 2.05) is 4.90 Å². The summed E-state index contributed by atoms with van der Waals surface area (Å²) in [5.74, 6) is -2.17. The van der Waals surface area contributed by atoms with Crippen LogP contribution in [-0.4, -0.2) is 76.1 Å². The number of likely N-dealkylation sites (tertiary alicyclic amines) is 2. The molecule has 1 aromatic heterocycles. The van der Waals surface area contributed by atoms with E-state index in [4.69, 9.17) is 4.74 Å². The highest BCUT2D eigenvalue weighted by Gasteiger charge is 2.50. The first-order chi connectivity index (χ1) is 11.9. The number of ether oxygens (including phenoxy) is 1. The Morgan fingerprint density at radius 3 is 2.76 bits per heavy atom. The largest absolute Gasteiger partial charge is 0.380 e. The van der Waals surface area contributed by atoms with Gasteiger partial charge in [-0.25, -0.2) is 13.8 Å². The van der Waals surface area contributed by atoms with Crippen LogP contribution >= 0.6 is 0 Å². The lowest BCUT2D eigenvalue weighted by molar-refractivity contribution is -0.0158. The van der Waals surface area contributed by atoms with Gasteiger partial charge in [0.15, 0.2) is 0 Å². The fraction of sp³-hybridized carbons (Fsp3) is 0.765. The zero-order valence-corrected chi connectivity index (χ0v) is 14.4. The summed E-state index contributed by atoms with van der Waals surface area (Å²) in [6.45, 7) is 1.76. The molecule has 1 aliphatic carbocycles. The molecule has 1 saturated carbocycles. The summed E-state index contributed by atoms with van der Waals surface area (Å²) in [4.78, 5) is 19.9. The van der Waals surface area contributed by atoms with Gasteiger partial charge >= 0.3 is 0 Å². The second-order valence-electron chi connectivity index (χ2n) is 7.66. The maximum absolute atomic E-state index is 13.9. The molecule has 4 rings (SSSR count). The molecule has 0 unspecified atom stereocenters. The number of carbonyl (C=O) groups is 1. The molecule has 2 saturated heterocycles. The van der Waals surface area contributed by atoms with Crippen molar-refractivity contribution in [2.24, 2.45) is 13.0 Å². The molecule has 0 N–H and O–H groups in total. The maximum atomic E-state index is 13.9. The Balaban J connectivity index is 1.31. The molecule has 1 aromatic rings. The zero-order valence-electron chi connectivity index (χ0n) is 14.4. The molecule has 0 aromatic carbocycles. The third-order valence-corrected chi connectivity index (χ3v) is 5.32. The van der Waals surface area contributed by atoms with Gasteiger partial charge in [-0.3, -0.25) is 9.69 Å². The van der Waals surface area contributed by atoms with Crippen LogP contribution in [0.3, 0.4) is 0 Å². The van der Waals surface area contributed by atoms with Gasteiger partial charge in [0.05, 0.1) is 19.5 Å². The van der Waals surface area contributed by atoms with Crippen molar-refractivity contribution < 1.29 is 18.3 Å². The highest BCUT2D eigenvalue weighted by atomic mass is 19.3. The molecule has 6 nitrogen and oxygen atoms in total. The summed E-state index contributed by atoms with van der Waals surface area (Å²) in [5, 5.41) is 0. The topological polar surface area (TPSA) is 50.6 Å². The molecule has 0 radical (unpaired) electrons. The first kappa shape index (κ1) is 16.9. The maximum Gasteiger partial charge on any atom is 0.274 e. The van der Waals surface area contributed by atoms with Crippen molar-refractivity contribution in [1.82, 2.24) is 19.4 Å². The Morgan fingerprint density at radius 2 is 2.12 bits per heavy atom. The lowest BCUT2D eigenvalue weighted by Crippen LogP contribution is -2.62. The summed E-state index contributed by atoms with van der Waals surface area (Å²) in [5.41, 5.74) is 0.400. The molecule has 0 bridgehead atoms. The van der Waals surface area contributed by atoms with E-state index < -0.39 is 5.92 Å². The second-order valence-corrected chi connectivity index (χ2v) is 7.66. The monoisotopic (exact) mass is 354 g/mol. The molecule has 25 heavy (non-hydrogen) atoms. The number of alkyl halides is 2. The Morgan fingerprint density at radius 1 is 1.36 bits per heavy atom. The number of aromatic nitrogens is 2. The number of imidazole rings is 1. The number of halogens is 2. The van der Waals surface area contributed by atoms with E-state index in [2.05, 4.69) is 4.98 Å². The molecular weight excluding hydrogens is 330 g/mol. The Hall–Kier alpha value is -1.54. The fourth-order valence-electron chi connectivity index (χ4n) is 3.68. The highest BCUT2D eigenvalue weighted by molar-refractivity contribution is 5.92. The van der Waals surface area contributed by atoms with Crippen LogP contribution in [-0.2, 0) is 11.8 Å². The van der Waals surface area contributed by atoms with Crippen LogP contribution in [0.25, 0.3) is 0 Å². The van der Waals surface area contributed by atoms with Gasteiger partial charge in [0, 0.05) is 51.4 Å². The zero-order chi connectivity index (χ0) is 17.6. The molecule has 1 atom stereocenters. The molecule has 2 aliphatic heterocycles. The molecule has 8 heteroatoms. The SMILES string of the molecule is Cn1cnc(C(=O)N2CC(N3CC(F)(F)C[C@H]3COCC3CC3)C2)c1. The van der Waals surface area contributed by atoms with E-state index in [-0.39, 0.29) is 31.0 Å². The van der Waals surface area contributed by atoms with Gasteiger partial charge in [0.1, 0.15) is 5.69 Å². The first-order valence-electron chi connectivity index (χ1n) is 8.90. The van der Waals surface area contributed by atoms with Crippen LogP contribution in [0.4, 0.5) is 8.78 Å². The average Bonchev–Trinajstić information content (AvgIpc) is 3.13. The minimum atomic E-state index is -2.67. The summed E-state index contributed by atoms with van der Waals surface area (Å²) in [6, 6.07) is -0.276. The van der Waals surface area contributed by atoms with Crippen molar-refractivity contribution in [2.75, 3.05) is 32.8 Å². The molecule has 3 aliphatic rings. The summed E-state index contributed by atoms with van der Waals surface area (Å²) < 4.78 is 35.2. The molecule has 3 fully saturated rings. The van der Waals surface area contributed by atoms with Crippen molar-refractivity contribution in [3.8, 4) is 0 Å². The molecule has 0 spiro atoms. The third kappa shape index (κ3) is 3.69.